The molecule has 0 spiro atoms. The van der Waals surface area contributed by atoms with Gasteiger partial charge in [-0.25, -0.2) is 8.42 Å². The van der Waals surface area contributed by atoms with Crippen molar-refractivity contribution in [3.8, 4) is 0 Å². The molecule has 0 heterocycles. The molecule has 1 atom stereocenters. The predicted octanol–water partition coefficient (Wildman–Crippen LogP) is 3.01. The van der Waals surface area contributed by atoms with Crippen LogP contribution in [0.5, 0.6) is 0 Å². The molecule has 0 aliphatic carbocycles. The number of sulfonamides is 1. The maximum Gasteiger partial charge on any atom is 0.244 e. The molecule has 1 N–H and O–H groups in total. The molecule has 2 amide bonds. The number of benzene rings is 2. The third-order valence-electron chi connectivity index (χ3n) is 5.37. The van der Waals surface area contributed by atoms with Crippen molar-refractivity contribution in [3.05, 3.63) is 65.2 Å². The standard InChI is InChI=1S/C24H33N3O4S/c1-6-14-25-24(29)20(4)26(16-21-10-8-7-9-11-21)23(28)17-27(32(5,30)31)22-13-12-18(2)19(3)15-22/h7-13,15,20H,6,14,16-17H2,1-5H3,(H,25,29). The minimum absolute atomic E-state index is 0.199. The van der Waals surface area contributed by atoms with E-state index in [0.717, 1.165) is 33.7 Å². The van der Waals surface area contributed by atoms with Crippen molar-refractivity contribution >= 4 is 27.5 Å². The molecule has 2 rings (SSSR count). The number of nitrogens with zero attached hydrogens (tertiary/aromatic N) is 2. The SMILES string of the molecule is CCCNC(=O)C(C)N(Cc1ccccc1)C(=O)CN(c1ccc(C)c(C)c1)S(C)(=O)=O. The number of anilines is 1. The van der Waals surface area contributed by atoms with E-state index in [1.165, 1.54) is 4.90 Å². The van der Waals surface area contributed by atoms with Crippen LogP contribution in [0.1, 0.15) is 37.0 Å². The van der Waals surface area contributed by atoms with Crippen molar-refractivity contribution in [2.45, 2.75) is 46.7 Å². The topological polar surface area (TPSA) is 86.8 Å². The Morgan fingerprint density at radius 1 is 1.03 bits per heavy atom. The second-order valence-electron chi connectivity index (χ2n) is 8.01. The number of aryl methyl sites for hydroxylation is 2. The Kier molecular flexibility index (Phi) is 8.83. The fourth-order valence-corrected chi connectivity index (χ4v) is 4.09. The molecule has 2 aromatic rings. The van der Waals surface area contributed by atoms with Crippen molar-refractivity contribution in [2.24, 2.45) is 0 Å². The smallest absolute Gasteiger partial charge is 0.244 e. The van der Waals surface area contributed by atoms with Crippen LogP contribution >= 0.6 is 0 Å². The third kappa shape index (κ3) is 6.82. The van der Waals surface area contributed by atoms with Crippen molar-refractivity contribution in [1.82, 2.24) is 10.2 Å². The van der Waals surface area contributed by atoms with Crippen molar-refractivity contribution < 1.29 is 18.0 Å². The van der Waals surface area contributed by atoms with Gasteiger partial charge in [-0.2, -0.15) is 0 Å². The van der Waals surface area contributed by atoms with E-state index in [9.17, 15) is 18.0 Å². The fraction of sp³-hybridized carbons (Fsp3) is 0.417. The summed E-state index contributed by atoms with van der Waals surface area (Å²) >= 11 is 0. The van der Waals surface area contributed by atoms with Gasteiger partial charge in [-0.1, -0.05) is 43.3 Å². The molecule has 2 aromatic carbocycles. The number of hydrogen-bond acceptors (Lipinski definition) is 4. The quantitative estimate of drug-likeness (QED) is 0.592. The average molecular weight is 460 g/mol. The highest BCUT2D eigenvalue weighted by molar-refractivity contribution is 7.92. The lowest BCUT2D eigenvalue weighted by molar-refractivity contribution is -0.139. The number of amides is 2. The first-order chi connectivity index (χ1) is 15.0. The molecule has 0 fully saturated rings. The van der Waals surface area contributed by atoms with E-state index >= 15 is 0 Å². The average Bonchev–Trinajstić information content (AvgIpc) is 2.75. The summed E-state index contributed by atoms with van der Waals surface area (Å²) in [6, 6.07) is 13.8. The molecule has 0 saturated carbocycles. The van der Waals surface area contributed by atoms with E-state index in [0.29, 0.717) is 12.2 Å². The van der Waals surface area contributed by atoms with E-state index in [1.54, 1.807) is 19.1 Å². The van der Waals surface area contributed by atoms with Crippen molar-refractivity contribution in [2.75, 3.05) is 23.7 Å². The Morgan fingerprint density at radius 2 is 1.69 bits per heavy atom. The summed E-state index contributed by atoms with van der Waals surface area (Å²) in [5.41, 5.74) is 3.23. The van der Waals surface area contributed by atoms with Crippen LogP contribution in [0.2, 0.25) is 0 Å². The van der Waals surface area contributed by atoms with E-state index in [1.807, 2.05) is 57.2 Å². The highest BCUT2D eigenvalue weighted by atomic mass is 32.2. The molecular weight excluding hydrogens is 426 g/mol. The van der Waals surface area contributed by atoms with Crippen LogP contribution in [0.25, 0.3) is 0 Å². The Labute approximate surface area is 191 Å². The summed E-state index contributed by atoms with van der Waals surface area (Å²) < 4.78 is 26.2. The summed E-state index contributed by atoms with van der Waals surface area (Å²) in [6.07, 6.45) is 1.86. The van der Waals surface area contributed by atoms with Gasteiger partial charge in [0, 0.05) is 13.1 Å². The minimum Gasteiger partial charge on any atom is -0.354 e. The van der Waals surface area contributed by atoms with Crippen LogP contribution in [0.3, 0.4) is 0 Å². The van der Waals surface area contributed by atoms with E-state index in [2.05, 4.69) is 5.32 Å². The van der Waals surface area contributed by atoms with Crippen LogP contribution in [-0.4, -0.2) is 50.5 Å². The second-order valence-corrected chi connectivity index (χ2v) is 9.92. The molecule has 32 heavy (non-hydrogen) atoms. The lowest BCUT2D eigenvalue weighted by Crippen LogP contribution is -2.51. The third-order valence-corrected chi connectivity index (χ3v) is 6.51. The van der Waals surface area contributed by atoms with Crippen LogP contribution in [0.15, 0.2) is 48.5 Å². The first-order valence-corrected chi connectivity index (χ1v) is 12.6. The molecule has 0 saturated heterocycles. The first kappa shape index (κ1) is 25.4. The zero-order valence-corrected chi connectivity index (χ0v) is 20.3. The molecular formula is C24H33N3O4S. The van der Waals surface area contributed by atoms with Crippen molar-refractivity contribution in [1.29, 1.82) is 0 Å². The number of nitrogens with one attached hydrogen (secondary N) is 1. The summed E-state index contributed by atoms with van der Waals surface area (Å²) in [6.45, 7) is 7.76. The van der Waals surface area contributed by atoms with E-state index < -0.39 is 22.0 Å². The highest BCUT2D eigenvalue weighted by Gasteiger charge is 2.30. The van der Waals surface area contributed by atoms with Crippen LogP contribution in [0, 0.1) is 13.8 Å². The monoisotopic (exact) mass is 459 g/mol. The summed E-state index contributed by atoms with van der Waals surface area (Å²) in [5.74, 6) is -0.718. The Balaban J connectivity index is 2.36. The molecule has 1 unspecified atom stereocenters. The second kappa shape index (κ2) is 11.1. The molecule has 0 aliphatic heterocycles. The molecule has 8 heteroatoms. The summed E-state index contributed by atoms with van der Waals surface area (Å²) in [4.78, 5) is 27.5. The first-order valence-electron chi connectivity index (χ1n) is 10.7. The molecule has 174 valence electrons. The van der Waals surface area contributed by atoms with E-state index in [-0.39, 0.29) is 19.0 Å². The molecule has 0 aliphatic rings. The van der Waals surface area contributed by atoms with Gasteiger partial charge in [0.05, 0.1) is 11.9 Å². The van der Waals surface area contributed by atoms with Gasteiger partial charge in [0.2, 0.25) is 21.8 Å². The van der Waals surface area contributed by atoms with Gasteiger partial charge in [-0.15, -0.1) is 0 Å². The van der Waals surface area contributed by atoms with E-state index in [4.69, 9.17) is 0 Å². The number of hydrogen-bond donors (Lipinski definition) is 1. The Bertz CT molecular complexity index is 1040. The zero-order valence-electron chi connectivity index (χ0n) is 19.5. The Hall–Kier alpha value is -2.87. The van der Waals surface area contributed by atoms with Crippen LogP contribution in [-0.2, 0) is 26.2 Å². The molecule has 0 bridgehead atoms. The van der Waals surface area contributed by atoms with Gasteiger partial charge < -0.3 is 10.2 Å². The maximum atomic E-state index is 13.4. The van der Waals surface area contributed by atoms with Crippen molar-refractivity contribution in [3.63, 3.8) is 0 Å². The molecule has 7 nitrogen and oxygen atoms in total. The number of carbonyl (C=O) groups is 2. The lowest BCUT2D eigenvalue weighted by atomic mass is 10.1. The molecule has 0 aromatic heterocycles. The van der Waals surface area contributed by atoms with Gasteiger partial charge in [0.15, 0.2) is 0 Å². The predicted molar refractivity (Wildman–Crippen MR) is 128 cm³/mol. The summed E-state index contributed by atoms with van der Waals surface area (Å²) in [5, 5.41) is 2.82. The highest BCUT2D eigenvalue weighted by Crippen LogP contribution is 2.22. The van der Waals surface area contributed by atoms with Crippen LogP contribution < -0.4 is 9.62 Å². The summed E-state index contributed by atoms with van der Waals surface area (Å²) in [7, 11) is -3.72. The van der Waals surface area contributed by atoms with Gasteiger partial charge in [0.1, 0.15) is 12.6 Å². The Morgan fingerprint density at radius 3 is 2.25 bits per heavy atom. The maximum absolute atomic E-state index is 13.4. The van der Waals surface area contributed by atoms with Gasteiger partial charge in [-0.3, -0.25) is 13.9 Å². The normalized spacial score (nSPS) is 12.2. The lowest BCUT2D eigenvalue weighted by Gasteiger charge is -2.31. The number of rotatable bonds is 10. The van der Waals surface area contributed by atoms with Gasteiger partial charge in [0.25, 0.3) is 0 Å². The largest absolute Gasteiger partial charge is 0.354 e. The zero-order chi connectivity index (χ0) is 23.9. The molecule has 0 radical (unpaired) electrons. The number of carbonyl (C=O) groups excluding carboxylic acids is 2. The fourth-order valence-electron chi connectivity index (χ4n) is 3.25. The van der Waals surface area contributed by atoms with Crippen LogP contribution in [0.4, 0.5) is 5.69 Å². The van der Waals surface area contributed by atoms with Gasteiger partial charge in [-0.05, 0) is 56.0 Å². The minimum atomic E-state index is -3.72. The van der Waals surface area contributed by atoms with Gasteiger partial charge >= 0.3 is 0 Å².